The van der Waals surface area contributed by atoms with Crippen molar-refractivity contribution >= 4 is 23.5 Å². The van der Waals surface area contributed by atoms with Crippen LogP contribution in [-0.2, 0) is 9.53 Å². The topological polar surface area (TPSA) is 120 Å². The molecule has 1 aliphatic carbocycles. The van der Waals surface area contributed by atoms with Gasteiger partial charge in [0.25, 0.3) is 0 Å². The summed E-state index contributed by atoms with van der Waals surface area (Å²) >= 11 is 0. The summed E-state index contributed by atoms with van der Waals surface area (Å²) in [5.74, 6) is 0.112. The Hall–Kier alpha value is -2.57. The third kappa shape index (κ3) is 5.77. The summed E-state index contributed by atoms with van der Waals surface area (Å²) in [6.07, 6.45) is 3.48. The number of ether oxygens (including phenoxy) is 1. The zero-order chi connectivity index (χ0) is 18.2. The Kier molecular flexibility index (Phi) is 6.80. The van der Waals surface area contributed by atoms with Gasteiger partial charge >= 0.3 is 5.97 Å². The second-order valence-electron chi connectivity index (χ2n) is 6.27. The van der Waals surface area contributed by atoms with E-state index in [-0.39, 0.29) is 23.8 Å². The van der Waals surface area contributed by atoms with Crippen molar-refractivity contribution in [2.24, 2.45) is 28.3 Å². The summed E-state index contributed by atoms with van der Waals surface area (Å²) in [5.41, 5.74) is 11.7. The van der Waals surface area contributed by atoms with Gasteiger partial charge in [-0.05, 0) is 56.7 Å². The zero-order valence-electron chi connectivity index (χ0n) is 14.5. The molecule has 2 rings (SSSR count). The third-order valence-corrected chi connectivity index (χ3v) is 4.39. The SMILES string of the molecule is CCOC(=O)c1cccc(NC(=O)C2CCC(CN=C(N)N)CC2)c1. The molecule has 1 saturated carbocycles. The largest absolute Gasteiger partial charge is 0.462 e. The van der Waals surface area contributed by atoms with E-state index in [0.29, 0.717) is 30.3 Å². The van der Waals surface area contributed by atoms with Crippen molar-refractivity contribution in [2.45, 2.75) is 32.6 Å². The first-order valence-electron chi connectivity index (χ1n) is 8.63. The smallest absolute Gasteiger partial charge is 0.338 e. The minimum atomic E-state index is -0.390. The zero-order valence-corrected chi connectivity index (χ0v) is 14.5. The van der Waals surface area contributed by atoms with Crippen molar-refractivity contribution in [3.8, 4) is 0 Å². The molecule has 25 heavy (non-hydrogen) atoms. The Labute approximate surface area is 147 Å². The van der Waals surface area contributed by atoms with Gasteiger partial charge in [-0.2, -0.15) is 0 Å². The van der Waals surface area contributed by atoms with E-state index in [9.17, 15) is 9.59 Å². The molecule has 0 unspecified atom stereocenters. The Bertz CT molecular complexity index is 633. The van der Waals surface area contributed by atoms with Crippen molar-refractivity contribution in [1.29, 1.82) is 0 Å². The molecule has 1 aromatic rings. The highest BCUT2D eigenvalue weighted by molar-refractivity contribution is 5.95. The van der Waals surface area contributed by atoms with Gasteiger partial charge in [0.15, 0.2) is 5.96 Å². The lowest BCUT2D eigenvalue weighted by Gasteiger charge is -2.26. The van der Waals surface area contributed by atoms with Crippen LogP contribution in [0, 0.1) is 11.8 Å². The van der Waals surface area contributed by atoms with Crippen LogP contribution >= 0.6 is 0 Å². The van der Waals surface area contributed by atoms with Gasteiger partial charge in [0.1, 0.15) is 0 Å². The van der Waals surface area contributed by atoms with Crippen molar-refractivity contribution in [2.75, 3.05) is 18.5 Å². The number of nitrogens with zero attached hydrogens (tertiary/aromatic N) is 1. The molecule has 0 aliphatic heterocycles. The normalized spacial score (nSPS) is 19.7. The quantitative estimate of drug-likeness (QED) is 0.413. The van der Waals surface area contributed by atoms with Crippen LogP contribution in [0.2, 0.25) is 0 Å². The van der Waals surface area contributed by atoms with Crippen LogP contribution in [0.15, 0.2) is 29.3 Å². The van der Waals surface area contributed by atoms with Gasteiger partial charge in [0.2, 0.25) is 5.91 Å². The number of nitrogens with two attached hydrogens (primary N) is 2. The molecule has 1 aromatic carbocycles. The van der Waals surface area contributed by atoms with Crippen LogP contribution in [0.1, 0.15) is 43.0 Å². The average Bonchev–Trinajstić information content (AvgIpc) is 2.61. The molecule has 136 valence electrons. The van der Waals surface area contributed by atoms with Crippen LogP contribution in [0.4, 0.5) is 5.69 Å². The molecule has 5 N–H and O–H groups in total. The molecule has 0 radical (unpaired) electrons. The molecule has 7 heteroatoms. The molecule has 0 saturated heterocycles. The number of rotatable bonds is 6. The second-order valence-corrected chi connectivity index (χ2v) is 6.27. The minimum Gasteiger partial charge on any atom is -0.462 e. The van der Waals surface area contributed by atoms with Gasteiger partial charge in [-0.25, -0.2) is 4.79 Å². The molecule has 0 spiro atoms. The lowest BCUT2D eigenvalue weighted by atomic mass is 9.81. The van der Waals surface area contributed by atoms with Gasteiger partial charge in [-0.1, -0.05) is 6.07 Å². The number of esters is 1. The molecule has 0 atom stereocenters. The summed E-state index contributed by atoms with van der Waals surface area (Å²) in [7, 11) is 0. The van der Waals surface area contributed by atoms with Crippen molar-refractivity contribution in [3.63, 3.8) is 0 Å². The predicted molar refractivity (Wildman–Crippen MR) is 97.2 cm³/mol. The lowest BCUT2D eigenvalue weighted by molar-refractivity contribution is -0.121. The van der Waals surface area contributed by atoms with Crippen LogP contribution in [0.3, 0.4) is 0 Å². The number of hydrogen-bond donors (Lipinski definition) is 3. The Morgan fingerprint density at radius 3 is 2.60 bits per heavy atom. The number of carbonyl (C=O) groups excluding carboxylic acids is 2. The second kappa shape index (κ2) is 9.05. The number of guanidine groups is 1. The van der Waals surface area contributed by atoms with Gasteiger partial charge in [0.05, 0.1) is 12.2 Å². The molecule has 0 heterocycles. The standard InChI is InChI=1S/C18H26N4O3/c1-2-25-17(24)14-4-3-5-15(10-14)22-16(23)13-8-6-12(7-9-13)11-21-18(19)20/h3-5,10,12-13H,2,6-9,11H2,1H3,(H,22,23)(H4,19,20,21). The van der Waals surface area contributed by atoms with Gasteiger partial charge < -0.3 is 21.5 Å². The fraction of sp³-hybridized carbons (Fsp3) is 0.500. The van der Waals surface area contributed by atoms with Gasteiger partial charge in [-0.15, -0.1) is 0 Å². The molecule has 7 nitrogen and oxygen atoms in total. The number of benzene rings is 1. The molecule has 0 aromatic heterocycles. The molecular weight excluding hydrogens is 320 g/mol. The molecule has 1 amide bonds. The van der Waals surface area contributed by atoms with E-state index in [2.05, 4.69) is 10.3 Å². The Morgan fingerprint density at radius 1 is 1.24 bits per heavy atom. The van der Waals surface area contributed by atoms with Gasteiger partial charge in [-0.3, -0.25) is 9.79 Å². The number of nitrogens with one attached hydrogen (secondary N) is 1. The van der Waals surface area contributed by atoms with E-state index in [0.717, 1.165) is 25.7 Å². The fourth-order valence-corrected chi connectivity index (χ4v) is 3.02. The number of anilines is 1. The van der Waals surface area contributed by atoms with Crippen LogP contribution in [0.5, 0.6) is 0 Å². The number of amides is 1. The number of hydrogen-bond acceptors (Lipinski definition) is 4. The van der Waals surface area contributed by atoms with Crippen LogP contribution in [-0.4, -0.2) is 31.0 Å². The highest BCUT2D eigenvalue weighted by Crippen LogP contribution is 2.30. The summed E-state index contributed by atoms with van der Waals surface area (Å²) in [6, 6.07) is 6.81. The van der Waals surface area contributed by atoms with Crippen molar-refractivity contribution in [3.05, 3.63) is 29.8 Å². The van der Waals surface area contributed by atoms with E-state index in [1.165, 1.54) is 0 Å². The van der Waals surface area contributed by atoms with Crippen molar-refractivity contribution in [1.82, 2.24) is 0 Å². The predicted octanol–water partition coefficient (Wildman–Crippen LogP) is 1.88. The number of aliphatic imine (C=N–C) groups is 1. The molecule has 1 aliphatic rings. The first-order chi connectivity index (χ1) is 12.0. The third-order valence-electron chi connectivity index (χ3n) is 4.39. The lowest BCUT2D eigenvalue weighted by Crippen LogP contribution is -2.29. The maximum absolute atomic E-state index is 12.5. The maximum atomic E-state index is 12.5. The van der Waals surface area contributed by atoms with Crippen LogP contribution in [0.25, 0.3) is 0 Å². The Balaban J connectivity index is 1.87. The summed E-state index contributed by atoms with van der Waals surface area (Å²) in [6.45, 7) is 2.70. The number of carbonyl (C=O) groups is 2. The van der Waals surface area contributed by atoms with Crippen molar-refractivity contribution < 1.29 is 14.3 Å². The monoisotopic (exact) mass is 346 g/mol. The van der Waals surface area contributed by atoms with E-state index >= 15 is 0 Å². The summed E-state index contributed by atoms with van der Waals surface area (Å²) < 4.78 is 4.98. The summed E-state index contributed by atoms with van der Waals surface area (Å²) in [5, 5.41) is 2.90. The van der Waals surface area contributed by atoms with E-state index in [1.54, 1.807) is 31.2 Å². The molecule has 0 bridgehead atoms. The first kappa shape index (κ1) is 18.8. The van der Waals surface area contributed by atoms with E-state index in [4.69, 9.17) is 16.2 Å². The maximum Gasteiger partial charge on any atom is 0.338 e. The molecule has 1 fully saturated rings. The fourth-order valence-electron chi connectivity index (χ4n) is 3.02. The summed E-state index contributed by atoms with van der Waals surface area (Å²) in [4.78, 5) is 28.3. The van der Waals surface area contributed by atoms with E-state index in [1.807, 2.05) is 0 Å². The van der Waals surface area contributed by atoms with E-state index < -0.39 is 0 Å². The highest BCUT2D eigenvalue weighted by Gasteiger charge is 2.26. The van der Waals surface area contributed by atoms with Gasteiger partial charge in [0, 0.05) is 18.2 Å². The van der Waals surface area contributed by atoms with Crippen LogP contribution < -0.4 is 16.8 Å². The molecular formula is C18H26N4O3. The highest BCUT2D eigenvalue weighted by atomic mass is 16.5. The average molecular weight is 346 g/mol. The first-order valence-corrected chi connectivity index (χ1v) is 8.63. The Morgan fingerprint density at radius 2 is 1.96 bits per heavy atom. The minimum absolute atomic E-state index is 0.0127.